The molecular weight excluding hydrogens is 270 g/mol. The second-order valence-corrected chi connectivity index (χ2v) is 5.27. The number of nitrogens with zero attached hydrogens (tertiary/aromatic N) is 2. The van der Waals surface area contributed by atoms with Crippen molar-refractivity contribution in [2.24, 2.45) is 0 Å². The molecule has 1 aliphatic heterocycles. The summed E-state index contributed by atoms with van der Waals surface area (Å²) in [5.41, 5.74) is 1.32. The molecule has 6 heteroatoms. The lowest BCUT2D eigenvalue weighted by Crippen LogP contribution is -2.40. The highest BCUT2D eigenvalue weighted by Crippen LogP contribution is 2.12. The Kier molecular flexibility index (Phi) is 5.30. The maximum Gasteiger partial charge on any atom is 0.254 e. The van der Waals surface area contributed by atoms with Crippen LogP contribution in [-0.2, 0) is 9.53 Å². The normalized spacial score (nSPS) is 15.1. The van der Waals surface area contributed by atoms with Crippen LogP contribution in [0, 0.1) is 0 Å². The SMILES string of the molecule is CN(C)CC(=O)Nc1ccc(C(=O)N2CCOCC2)cc1. The average Bonchev–Trinajstić information content (AvgIpc) is 2.47. The van der Waals surface area contributed by atoms with E-state index in [-0.39, 0.29) is 11.8 Å². The van der Waals surface area contributed by atoms with E-state index in [1.807, 2.05) is 14.1 Å². The molecule has 1 aliphatic rings. The van der Waals surface area contributed by atoms with E-state index in [0.717, 1.165) is 0 Å². The van der Waals surface area contributed by atoms with Crippen LogP contribution in [0.4, 0.5) is 5.69 Å². The van der Waals surface area contributed by atoms with Gasteiger partial charge in [-0.15, -0.1) is 0 Å². The van der Waals surface area contributed by atoms with Gasteiger partial charge in [-0.1, -0.05) is 0 Å². The van der Waals surface area contributed by atoms with Gasteiger partial charge in [0.15, 0.2) is 0 Å². The van der Waals surface area contributed by atoms with Crippen LogP contribution >= 0.6 is 0 Å². The molecule has 1 aromatic carbocycles. The summed E-state index contributed by atoms with van der Waals surface area (Å²) < 4.78 is 5.23. The molecule has 6 nitrogen and oxygen atoms in total. The molecule has 1 fully saturated rings. The van der Waals surface area contributed by atoms with Crippen LogP contribution in [0.1, 0.15) is 10.4 Å². The molecule has 0 aromatic heterocycles. The maximum atomic E-state index is 12.3. The van der Waals surface area contributed by atoms with Crippen LogP contribution < -0.4 is 5.32 Å². The number of amides is 2. The first kappa shape index (κ1) is 15.5. The molecule has 0 bridgehead atoms. The van der Waals surface area contributed by atoms with Gasteiger partial charge in [0.1, 0.15) is 0 Å². The molecule has 0 spiro atoms. The van der Waals surface area contributed by atoms with Gasteiger partial charge in [0, 0.05) is 24.3 Å². The third-order valence-corrected chi connectivity index (χ3v) is 3.17. The van der Waals surface area contributed by atoms with Crippen molar-refractivity contribution in [2.75, 3.05) is 52.3 Å². The first-order chi connectivity index (χ1) is 10.1. The van der Waals surface area contributed by atoms with Crippen molar-refractivity contribution in [3.8, 4) is 0 Å². The van der Waals surface area contributed by atoms with E-state index < -0.39 is 0 Å². The number of rotatable bonds is 4. The molecule has 1 N–H and O–H groups in total. The summed E-state index contributed by atoms with van der Waals surface area (Å²) in [5.74, 6) is -0.0725. The van der Waals surface area contributed by atoms with Crippen molar-refractivity contribution in [3.05, 3.63) is 29.8 Å². The number of likely N-dealkylation sites (N-methyl/N-ethyl adjacent to an activating group) is 1. The van der Waals surface area contributed by atoms with Crippen LogP contribution in [0.15, 0.2) is 24.3 Å². The van der Waals surface area contributed by atoms with Gasteiger partial charge >= 0.3 is 0 Å². The molecule has 0 aliphatic carbocycles. The number of carbonyl (C=O) groups excluding carboxylic acids is 2. The molecule has 21 heavy (non-hydrogen) atoms. The topological polar surface area (TPSA) is 61.9 Å². The van der Waals surface area contributed by atoms with E-state index in [9.17, 15) is 9.59 Å². The Morgan fingerprint density at radius 1 is 1.19 bits per heavy atom. The van der Waals surface area contributed by atoms with Crippen molar-refractivity contribution in [1.29, 1.82) is 0 Å². The van der Waals surface area contributed by atoms with Crippen LogP contribution in [0.3, 0.4) is 0 Å². The van der Waals surface area contributed by atoms with Crippen molar-refractivity contribution >= 4 is 17.5 Å². The number of hydrogen-bond donors (Lipinski definition) is 1. The number of ether oxygens (including phenoxy) is 1. The number of anilines is 1. The molecule has 2 amide bonds. The Morgan fingerprint density at radius 2 is 1.81 bits per heavy atom. The standard InChI is InChI=1S/C15H21N3O3/c1-17(2)11-14(19)16-13-5-3-12(4-6-13)15(20)18-7-9-21-10-8-18/h3-6H,7-11H2,1-2H3,(H,16,19). The summed E-state index contributed by atoms with van der Waals surface area (Å²) in [6.07, 6.45) is 0. The van der Waals surface area contributed by atoms with E-state index in [1.54, 1.807) is 34.1 Å². The van der Waals surface area contributed by atoms with Gasteiger partial charge in [0.2, 0.25) is 5.91 Å². The molecule has 0 radical (unpaired) electrons. The monoisotopic (exact) mass is 291 g/mol. The fraction of sp³-hybridized carbons (Fsp3) is 0.467. The zero-order valence-electron chi connectivity index (χ0n) is 12.5. The largest absolute Gasteiger partial charge is 0.378 e. The molecule has 0 atom stereocenters. The van der Waals surface area contributed by atoms with Gasteiger partial charge in [0.05, 0.1) is 19.8 Å². The van der Waals surface area contributed by atoms with Crippen LogP contribution in [0.2, 0.25) is 0 Å². The summed E-state index contributed by atoms with van der Waals surface area (Å²) >= 11 is 0. The number of hydrogen-bond acceptors (Lipinski definition) is 4. The molecule has 114 valence electrons. The van der Waals surface area contributed by atoms with Crippen LogP contribution in [-0.4, -0.2) is 68.6 Å². The molecule has 0 saturated carbocycles. The molecule has 1 aromatic rings. The van der Waals surface area contributed by atoms with Crippen molar-refractivity contribution in [3.63, 3.8) is 0 Å². The highest BCUT2D eigenvalue weighted by molar-refractivity contribution is 5.96. The van der Waals surface area contributed by atoms with Gasteiger partial charge < -0.3 is 19.9 Å². The Balaban J connectivity index is 1.95. The minimum atomic E-state index is -0.0766. The third-order valence-electron chi connectivity index (χ3n) is 3.17. The second-order valence-electron chi connectivity index (χ2n) is 5.27. The molecular formula is C15H21N3O3. The zero-order valence-corrected chi connectivity index (χ0v) is 12.5. The van der Waals surface area contributed by atoms with Gasteiger partial charge in [-0.05, 0) is 38.4 Å². The fourth-order valence-electron chi connectivity index (χ4n) is 2.13. The highest BCUT2D eigenvalue weighted by Gasteiger charge is 2.18. The summed E-state index contributed by atoms with van der Waals surface area (Å²) in [5, 5.41) is 2.79. The molecule has 1 heterocycles. The van der Waals surface area contributed by atoms with E-state index >= 15 is 0 Å². The number of benzene rings is 1. The second kappa shape index (κ2) is 7.19. The van der Waals surface area contributed by atoms with Gasteiger partial charge in [-0.25, -0.2) is 0 Å². The van der Waals surface area contributed by atoms with Gasteiger partial charge in [-0.2, -0.15) is 0 Å². The quantitative estimate of drug-likeness (QED) is 0.885. The molecule has 1 saturated heterocycles. The average molecular weight is 291 g/mol. The molecule has 0 unspecified atom stereocenters. The Bertz CT molecular complexity index is 493. The van der Waals surface area contributed by atoms with Crippen molar-refractivity contribution in [2.45, 2.75) is 0 Å². The molecule has 2 rings (SSSR count). The first-order valence-electron chi connectivity index (χ1n) is 6.98. The van der Waals surface area contributed by atoms with E-state index in [2.05, 4.69) is 5.32 Å². The highest BCUT2D eigenvalue weighted by atomic mass is 16.5. The third kappa shape index (κ3) is 4.54. The van der Waals surface area contributed by atoms with E-state index in [1.165, 1.54) is 0 Å². The Labute approximate surface area is 124 Å². The van der Waals surface area contributed by atoms with Crippen molar-refractivity contribution in [1.82, 2.24) is 9.80 Å². The summed E-state index contributed by atoms with van der Waals surface area (Å²) in [4.78, 5) is 27.5. The lowest BCUT2D eigenvalue weighted by Gasteiger charge is -2.26. The lowest BCUT2D eigenvalue weighted by atomic mass is 10.1. The Morgan fingerprint density at radius 3 is 2.38 bits per heavy atom. The first-order valence-corrected chi connectivity index (χ1v) is 6.98. The summed E-state index contributed by atoms with van der Waals surface area (Å²) in [6, 6.07) is 6.98. The fourth-order valence-corrected chi connectivity index (χ4v) is 2.13. The zero-order chi connectivity index (χ0) is 15.2. The predicted octanol–water partition coefficient (Wildman–Crippen LogP) is 0.659. The number of morpholine rings is 1. The van der Waals surface area contributed by atoms with Gasteiger partial charge in [-0.3, -0.25) is 9.59 Å². The Hall–Kier alpha value is -1.92. The minimum absolute atomic E-state index is 0.00414. The smallest absolute Gasteiger partial charge is 0.254 e. The van der Waals surface area contributed by atoms with Crippen LogP contribution in [0.5, 0.6) is 0 Å². The van der Waals surface area contributed by atoms with E-state index in [4.69, 9.17) is 4.74 Å². The summed E-state index contributed by atoms with van der Waals surface area (Å²) in [6.45, 7) is 2.75. The minimum Gasteiger partial charge on any atom is -0.378 e. The maximum absolute atomic E-state index is 12.3. The van der Waals surface area contributed by atoms with E-state index in [0.29, 0.717) is 44.1 Å². The number of nitrogens with one attached hydrogen (secondary N) is 1. The lowest BCUT2D eigenvalue weighted by molar-refractivity contribution is -0.116. The van der Waals surface area contributed by atoms with Gasteiger partial charge in [0.25, 0.3) is 5.91 Å². The van der Waals surface area contributed by atoms with Crippen molar-refractivity contribution < 1.29 is 14.3 Å². The number of carbonyl (C=O) groups is 2. The predicted molar refractivity (Wildman–Crippen MR) is 80.3 cm³/mol. The van der Waals surface area contributed by atoms with Crippen LogP contribution in [0.25, 0.3) is 0 Å². The summed E-state index contributed by atoms with van der Waals surface area (Å²) in [7, 11) is 3.67.